The summed E-state index contributed by atoms with van der Waals surface area (Å²) in [7, 11) is 0. The van der Waals surface area contributed by atoms with Crippen molar-refractivity contribution in [3.05, 3.63) is 71.3 Å². The van der Waals surface area contributed by atoms with E-state index in [4.69, 9.17) is 0 Å². The minimum absolute atomic E-state index is 0.217. The predicted octanol–water partition coefficient (Wildman–Crippen LogP) is 4.11. The van der Waals surface area contributed by atoms with E-state index in [9.17, 15) is 4.79 Å². The van der Waals surface area contributed by atoms with E-state index in [1.165, 1.54) is 5.56 Å². The lowest BCUT2D eigenvalue weighted by molar-refractivity contribution is 0.102. The number of Topliss-reactive ketones (excluding diaryl/α,β-unsaturated/α-hetero) is 1. The Morgan fingerprint density at radius 1 is 1.00 bits per heavy atom. The van der Waals surface area contributed by atoms with Gasteiger partial charge < -0.3 is 0 Å². The third-order valence-corrected chi connectivity index (χ3v) is 3.79. The van der Waals surface area contributed by atoms with E-state index in [0.29, 0.717) is 5.75 Å². The lowest BCUT2D eigenvalue weighted by atomic mass is 10.1. The molecule has 0 aliphatic rings. The van der Waals surface area contributed by atoms with Gasteiger partial charge >= 0.3 is 0 Å². The number of rotatable bonds is 5. The van der Waals surface area contributed by atoms with Crippen molar-refractivity contribution in [2.75, 3.05) is 5.75 Å². The van der Waals surface area contributed by atoms with E-state index in [1.807, 2.05) is 49.4 Å². The molecule has 2 aromatic rings. The van der Waals surface area contributed by atoms with Gasteiger partial charge in [-0.15, -0.1) is 11.8 Å². The van der Waals surface area contributed by atoms with Crippen molar-refractivity contribution in [1.82, 2.24) is 0 Å². The molecule has 0 amide bonds. The number of ketones is 1. The molecular formula is C16H16OS. The molecule has 0 aliphatic carbocycles. The molecule has 0 bridgehead atoms. The zero-order valence-corrected chi connectivity index (χ0v) is 11.2. The lowest BCUT2D eigenvalue weighted by Crippen LogP contribution is -2.04. The third-order valence-electron chi connectivity index (χ3n) is 2.79. The van der Waals surface area contributed by atoms with Crippen LogP contribution in [0.15, 0.2) is 54.6 Å². The van der Waals surface area contributed by atoms with Gasteiger partial charge in [-0.1, -0.05) is 54.6 Å². The van der Waals surface area contributed by atoms with E-state index in [0.717, 1.165) is 16.9 Å². The van der Waals surface area contributed by atoms with Gasteiger partial charge in [-0.25, -0.2) is 0 Å². The second-order valence-corrected chi connectivity index (χ2v) is 5.20. The number of benzene rings is 2. The highest BCUT2D eigenvalue weighted by atomic mass is 32.2. The van der Waals surface area contributed by atoms with Crippen LogP contribution in [0.3, 0.4) is 0 Å². The van der Waals surface area contributed by atoms with Gasteiger partial charge in [0.05, 0.1) is 5.75 Å². The smallest absolute Gasteiger partial charge is 0.172 e. The standard InChI is InChI=1S/C16H16OS/c1-13-7-5-6-10-15(13)16(17)12-18-11-14-8-3-2-4-9-14/h2-10H,11-12H2,1H3. The molecule has 2 aromatic carbocycles. The first-order valence-corrected chi connectivity index (χ1v) is 7.13. The fraction of sp³-hybridized carbons (Fsp3) is 0.188. The molecule has 0 aliphatic heterocycles. The highest BCUT2D eigenvalue weighted by Crippen LogP contribution is 2.15. The van der Waals surface area contributed by atoms with Crippen LogP contribution in [0.4, 0.5) is 0 Å². The molecule has 0 saturated carbocycles. The van der Waals surface area contributed by atoms with Crippen LogP contribution in [0.1, 0.15) is 21.5 Å². The summed E-state index contributed by atoms with van der Waals surface area (Å²) in [6.07, 6.45) is 0. The first-order chi connectivity index (χ1) is 8.77. The van der Waals surface area contributed by atoms with Gasteiger partial charge in [-0.05, 0) is 18.1 Å². The Labute approximate surface area is 112 Å². The van der Waals surface area contributed by atoms with Crippen molar-refractivity contribution in [3.8, 4) is 0 Å². The zero-order valence-electron chi connectivity index (χ0n) is 10.4. The number of carbonyl (C=O) groups is 1. The molecule has 0 atom stereocenters. The van der Waals surface area contributed by atoms with E-state index >= 15 is 0 Å². The summed E-state index contributed by atoms with van der Waals surface area (Å²) in [6, 6.07) is 18.0. The highest BCUT2D eigenvalue weighted by molar-refractivity contribution is 7.99. The maximum atomic E-state index is 12.0. The Morgan fingerprint density at radius 3 is 2.39 bits per heavy atom. The largest absolute Gasteiger partial charge is 0.293 e. The first-order valence-electron chi connectivity index (χ1n) is 5.98. The molecule has 0 unspecified atom stereocenters. The van der Waals surface area contributed by atoms with E-state index in [1.54, 1.807) is 11.8 Å². The van der Waals surface area contributed by atoms with Gasteiger partial charge in [-0.3, -0.25) is 4.79 Å². The van der Waals surface area contributed by atoms with Gasteiger partial charge in [0.25, 0.3) is 0 Å². The van der Waals surface area contributed by atoms with Crippen LogP contribution in [0.2, 0.25) is 0 Å². The maximum Gasteiger partial charge on any atom is 0.172 e. The number of carbonyl (C=O) groups excluding carboxylic acids is 1. The Morgan fingerprint density at radius 2 is 1.67 bits per heavy atom. The molecule has 0 N–H and O–H groups in total. The number of hydrogen-bond acceptors (Lipinski definition) is 2. The number of aryl methyl sites for hydroxylation is 1. The van der Waals surface area contributed by atoms with Crippen LogP contribution >= 0.6 is 11.8 Å². The average molecular weight is 256 g/mol. The molecule has 0 heterocycles. The Balaban J connectivity index is 1.88. The second kappa shape index (κ2) is 6.41. The molecule has 2 heteroatoms. The predicted molar refractivity (Wildman–Crippen MR) is 78.1 cm³/mol. The molecule has 18 heavy (non-hydrogen) atoms. The number of hydrogen-bond donors (Lipinski definition) is 0. The van der Waals surface area contributed by atoms with E-state index < -0.39 is 0 Å². The average Bonchev–Trinajstić information content (AvgIpc) is 2.40. The zero-order chi connectivity index (χ0) is 12.8. The summed E-state index contributed by atoms with van der Waals surface area (Å²) in [5.41, 5.74) is 3.17. The van der Waals surface area contributed by atoms with Gasteiger partial charge in [0.2, 0.25) is 0 Å². The molecule has 92 valence electrons. The fourth-order valence-electron chi connectivity index (χ4n) is 1.80. The molecule has 0 aromatic heterocycles. The van der Waals surface area contributed by atoms with Gasteiger partial charge in [-0.2, -0.15) is 0 Å². The van der Waals surface area contributed by atoms with Crippen LogP contribution in [0.5, 0.6) is 0 Å². The van der Waals surface area contributed by atoms with Gasteiger partial charge in [0, 0.05) is 11.3 Å². The minimum Gasteiger partial charge on any atom is -0.293 e. The molecule has 0 radical (unpaired) electrons. The molecule has 1 nitrogen and oxygen atoms in total. The van der Waals surface area contributed by atoms with Crippen molar-refractivity contribution in [3.63, 3.8) is 0 Å². The highest BCUT2D eigenvalue weighted by Gasteiger charge is 2.08. The summed E-state index contributed by atoms with van der Waals surface area (Å²) < 4.78 is 0. The van der Waals surface area contributed by atoms with Crippen LogP contribution in [0, 0.1) is 6.92 Å². The minimum atomic E-state index is 0.217. The Hall–Kier alpha value is -1.54. The monoisotopic (exact) mass is 256 g/mol. The van der Waals surface area contributed by atoms with Gasteiger partial charge in [0.15, 0.2) is 5.78 Å². The summed E-state index contributed by atoms with van der Waals surface area (Å²) in [4.78, 5) is 12.0. The van der Waals surface area contributed by atoms with Crippen molar-refractivity contribution in [2.45, 2.75) is 12.7 Å². The van der Waals surface area contributed by atoms with Crippen molar-refractivity contribution in [2.24, 2.45) is 0 Å². The first kappa shape index (κ1) is 12.9. The fourth-order valence-corrected chi connectivity index (χ4v) is 2.67. The van der Waals surface area contributed by atoms with Crippen LogP contribution in [-0.4, -0.2) is 11.5 Å². The summed E-state index contributed by atoms with van der Waals surface area (Å²) in [5.74, 6) is 1.65. The SMILES string of the molecule is Cc1ccccc1C(=O)CSCc1ccccc1. The summed E-state index contributed by atoms with van der Waals surface area (Å²) in [5, 5.41) is 0. The second-order valence-electron chi connectivity index (χ2n) is 4.22. The Bertz CT molecular complexity index is 520. The van der Waals surface area contributed by atoms with Crippen molar-refractivity contribution in [1.29, 1.82) is 0 Å². The molecule has 0 fully saturated rings. The summed E-state index contributed by atoms with van der Waals surface area (Å²) in [6.45, 7) is 1.98. The van der Waals surface area contributed by atoms with Gasteiger partial charge in [0.1, 0.15) is 0 Å². The van der Waals surface area contributed by atoms with Crippen molar-refractivity contribution < 1.29 is 4.79 Å². The number of thioether (sulfide) groups is 1. The van der Waals surface area contributed by atoms with Crippen molar-refractivity contribution >= 4 is 17.5 Å². The normalized spacial score (nSPS) is 10.3. The van der Waals surface area contributed by atoms with Crippen LogP contribution < -0.4 is 0 Å². The topological polar surface area (TPSA) is 17.1 Å². The van der Waals surface area contributed by atoms with E-state index in [2.05, 4.69) is 12.1 Å². The van der Waals surface area contributed by atoms with E-state index in [-0.39, 0.29) is 5.78 Å². The summed E-state index contributed by atoms with van der Waals surface area (Å²) >= 11 is 1.67. The molecular weight excluding hydrogens is 240 g/mol. The third kappa shape index (κ3) is 3.47. The quantitative estimate of drug-likeness (QED) is 0.749. The molecule has 2 rings (SSSR count). The lowest BCUT2D eigenvalue weighted by Gasteiger charge is -2.04. The maximum absolute atomic E-state index is 12.0. The molecule has 0 saturated heterocycles. The van der Waals surface area contributed by atoms with Crippen LogP contribution in [0.25, 0.3) is 0 Å². The Kier molecular flexibility index (Phi) is 4.59. The molecule has 0 spiro atoms. The van der Waals surface area contributed by atoms with Crippen LogP contribution in [-0.2, 0) is 5.75 Å².